The first kappa shape index (κ1) is 12.0. The molecule has 0 fully saturated rings. The van der Waals surface area contributed by atoms with Crippen molar-refractivity contribution in [3.8, 4) is 10.6 Å². The summed E-state index contributed by atoms with van der Waals surface area (Å²) in [6, 6.07) is 4.75. The van der Waals surface area contributed by atoms with Crippen molar-refractivity contribution < 1.29 is 9.18 Å². The van der Waals surface area contributed by atoms with Gasteiger partial charge in [-0.15, -0.1) is 11.3 Å². The topological polar surface area (TPSA) is 30.0 Å². The number of nitrogens with zero attached hydrogens (tertiary/aromatic N) is 1. The number of halogens is 2. The van der Waals surface area contributed by atoms with Crippen molar-refractivity contribution in [1.29, 1.82) is 0 Å². The van der Waals surface area contributed by atoms with E-state index in [0.717, 1.165) is 22.2 Å². The van der Waals surface area contributed by atoms with Gasteiger partial charge in [-0.25, -0.2) is 9.37 Å². The lowest BCUT2D eigenvalue weighted by molar-refractivity contribution is 0.0968. The van der Waals surface area contributed by atoms with E-state index < -0.39 is 0 Å². The number of carbonyl (C=O) groups is 1. The molecule has 1 aliphatic carbocycles. The summed E-state index contributed by atoms with van der Waals surface area (Å²) in [6.45, 7) is 0. The number of Topliss-reactive ketones (excluding diaryl/α,β-unsaturated/α-hetero) is 1. The number of thiazole rings is 1. The number of carbonyl (C=O) groups excluding carboxylic acids is 1. The van der Waals surface area contributed by atoms with E-state index in [-0.39, 0.29) is 11.6 Å². The van der Waals surface area contributed by atoms with Crippen LogP contribution in [0.4, 0.5) is 4.39 Å². The highest BCUT2D eigenvalue weighted by Crippen LogP contribution is 2.34. The van der Waals surface area contributed by atoms with Gasteiger partial charge in [-0.3, -0.25) is 4.79 Å². The number of aryl methyl sites for hydroxylation is 1. The predicted octanol–water partition coefficient (Wildman–Crippen LogP) is 4.23. The molecule has 0 saturated heterocycles. The Labute approximate surface area is 116 Å². The van der Waals surface area contributed by atoms with E-state index in [4.69, 9.17) is 0 Å². The van der Waals surface area contributed by atoms with Crippen molar-refractivity contribution in [1.82, 2.24) is 4.98 Å². The molecule has 0 atom stereocenters. The maximum Gasteiger partial charge on any atom is 0.182 e. The fraction of sp³-hybridized carbons (Fsp3) is 0.231. The van der Waals surface area contributed by atoms with Crippen LogP contribution < -0.4 is 0 Å². The van der Waals surface area contributed by atoms with Crippen LogP contribution in [0.1, 0.15) is 28.2 Å². The number of hydrogen-bond acceptors (Lipinski definition) is 3. The van der Waals surface area contributed by atoms with Gasteiger partial charge in [0.25, 0.3) is 0 Å². The molecular weight excluding hydrogens is 317 g/mol. The molecule has 0 saturated carbocycles. The molecule has 1 heterocycles. The molecule has 2 nitrogen and oxygen atoms in total. The van der Waals surface area contributed by atoms with Crippen LogP contribution in [0.5, 0.6) is 0 Å². The van der Waals surface area contributed by atoms with Gasteiger partial charge in [0.2, 0.25) is 0 Å². The average Bonchev–Trinajstić information content (AvgIpc) is 2.77. The molecule has 5 heteroatoms. The van der Waals surface area contributed by atoms with Gasteiger partial charge in [-0.2, -0.15) is 0 Å². The summed E-state index contributed by atoms with van der Waals surface area (Å²) in [5.74, 6) is -0.231. The van der Waals surface area contributed by atoms with Crippen LogP contribution in [-0.2, 0) is 6.42 Å². The van der Waals surface area contributed by atoms with E-state index in [0.29, 0.717) is 22.7 Å². The first-order valence-corrected chi connectivity index (χ1v) is 7.24. The first-order chi connectivity index (χ1) is 8.65. The predicted molar refractivity (Wildman–Crippen MR) is 72.5 cm³/mol. The zero-order valence-electron chi connectivity index (χ0n) is 9.37. The van der Waals surface area contributed by atoms with Gasteiger partial charge >= 0.3 is 0 Å². The number of fused-ring (bicyclic) bond motifs is 1. The lowest BCUT2D eigenvalue weighted by Gasteiger charge is -2.06. The molecule has 0 bridgehead atoms. The third kappa shape index (κ3) is 2.01. The molecule has 3 rings (SSSR count). The van der Waals surface area contributed by atoms with Crippen molar-refractivity contribution in [2.45, 2.75) is 19.3 Å². The van der Waals surface area contributed by atoms with Crippen LogP contribution in [0.3, 0.4) is 0 Å². The van der Waals surface area contributed by atoms with Gasteiger partial charge in [-0.1, -0.05) is 15.9 Å². The van der Waals surface area contributed by atoms with Crippen LogP contribution >= 0.6 is 27.3 Å². The second-order valence-electron chi connectivity index (χ2n) is 4.19. The minimum Gasteiger partial charge on any atom is -0.292 e. The van der Waals surface area contributed by atoms with Gasteiger partial charge in [0.15, 0.2) is 5.78 Å². The average molecular weight is 326 g/mol. The Hall–Kier alpha value is -1.07. The summed E-state index contributed by atoms with van der Waals surface area (Å²) >= 11 is 4.74. The SMILES string of the molecule is O=C1CCCc2sc(-c3cc(Br)ccc3F)nc21. The number of benzene rings is 1. The molecule has 0 radical (unpaired) electrons. The van der Waals surface area contributed by atoms with Crippen LogP contribution in [0, 0.1) is 5.82 Å². The molecule has 0 spiro atoms. The maximum absolute atomic E-state index is 13.8. The van der Waals surface area contributed by atoms with E-state index in [9.17, 15) is 9.18 Å². The highest BCUT2D eigenvalue weighted by atomic mass is 79.9. The molecule has 92 valence electrons. The van der Waals surface area contributed by atoms with Crippen molar-refractivity contribution in [3.05, 3.63) is 39.1 Å². The highest BCUT2D eigenvalue weighted by molar-refractivity contribution is 9.10. The highest BCUT2D eigenvalue weighted by Gasteiger charge is 2.23. The number of rotatable bonds is 1. The summed E-state index contributed by atoms with van der Waals surface area (Å²) in [5.41, 5.74) is 0.997. The fourth-order valence-electron chi connectivity index (χ4n) is 2.04. The van der Waals surface area contributed by atoms with Gasteiger partial charge in [0.05, 0.1) is 0 Å². The summed E-state index contributed by atoms with van der Waals surface area (Å²) in [7, 11) is 0. The number of aromatic nitrogens is 1. The summed E-state index contributed by atoms with van der Waals surface area (Å²) in [6.07, 6.45) is 2.29. The van der Waals surface area contributed by atoms with Crippen LogP contribution in [-0.4, -0.2) is 10.8 Å². The number of hydrogen-bond donors (Lipinski definition) is 0. The maximum atomic E-state index is 13.8. The van der Waals surface area contributed by atoms with E-state index in [2.05, 4.69) is 20.9 Å². The zero-order chi connectivity index (χ0) is 12.7. The van der Waals surface area contributed by atoms with Crippen molar-refractivity contribution in [2.24, 2.45) is 0 Å². The molecule has 0 N–H and O–H groups in total. The number of ketones is 1. The Balaban J connectivity index is 2.13. The monoisotopic (exact) mass is 325 g/mol. The van der Waals surface area contributed by atoms with Crippen LogP contribution in [0.25, 0.3) is 10.6 Å². The summed E-state index contributed by atoms with van der Waals surface area (Å²) < 4.78 is 14.6. The molecule has 1 aliphatic rings. The largest absolute Gasteiger partial charge is 0.292 e. The van der Waals surface area contributed by atoms with Gasteiger partial charge < -0.3 is 0 Å². The first-order valence-electron chi connectivity index (χ1n) is 5.63. The van der Waals surface area contributed by atoms with E-state index >= 15 is 0 Å². The van der Waals surface area contributed by atoms with E-state index in [1.54, 1.807) is 12.1 Å². The molecule has 1 aromatic carbocycles. The van der Waals surface area contributed by atoms with Crippen molar-refractivity contribution >= 4 is 33.0 Å². The Kier molecular flexibility index (Phi) is 3.03. The molecule has 0 aliphatic heterocycles. The minimum atomic E-state index is -0.309. The van der Waals surface area contributed by atoms with E-state index in [1.807, 2.05) is 0 Å². The molecule has 1 aromatic heterocycles. The third-order valence-corrected chi connectivity index (χ3v) is 4.57. The van der Waals surface area contributed by atoms with Crippen LogP contribution in [0.15, 0.2) is 22.7 Å². The van der Waals surface area contributed by atoms with Crippen molar-refractivity contribution in [2.75, 3.05) is 0 Å². The summed E-state index contributed by atoms with van der Waals surface area (Å²) in [4.78, 5) is 17.0. The standard InChI is InChI=1S/C13H9BrFNOS/c14-7-4-5-9(15)8(6-7)13-16-12-10(17)2-1-3-11(12)18-13/h4-6H,1-3H2. The molecule has 0 amide bonds. The Morgan fingerprint density at radius 1 is 1.33 bits per heavy atom. The lowest BCUT2D eigenvalue weighted by atomic mass is 10.0. The van der Waals surface area contributed by atoms with Gasteiger partial charge in [0.1, 0.15) is 16.5 Å². The van der Waals surface area contributed by atoms with E-state index in [1.165, 1.54) is 17.4 Å². The smallest absolute Gasteiger partial charge is 0.182 e. The quantitative estimate of drug-likeness (QED) is 0.785. The Bertz CT molecular complexity index is 638. The molecule has 18 heavy (non-hydrogen) atoms. The molecule has 0 unspecified atom stereocenters. The Morgan fingerprint density at radius 2 is 2.17 bits per heavy atom. The second-order valence-corrected chi connectivity index (χ2v) is 6.19. The van der Waals surface area contributed by atoms with Crippen LogP contribution in [0.2, 0.25) is 0 Å². The fourth-order valence-corrected chi connectivity index (χ4v) is 3.54. The molecular formula is C13H9BrFNOS. The zero-order valence-corrected chi connectivity index (χ0v) is 11.8. The van der Waals surface area contributed by atoms with Gasteiger partial charge in [-0.05, 0) is 31.0 Å². The third-order valence-electron chi connectivity index (χ3n) is 2.93. The second kappa shape index (κ2) is 4.55. The summed E-state index contributed by atoms with van der Waals surface area (Å²) in [5, 5.41) is 0.592. The lowest BCUT2D eigenvalue weighted by Crippen LogP contribution is -2.08. The van der Waals surface area contributed by atoms with Gasteiger partial charge in [0, 0.05) is 21.3 Å². The molecule has 2 aromatic rings. The Morgan fingerprint density at radius 3 is 2.94 bits per heavy atom. The minimum absolute atomic E-state index is 0.0779. The van der Waals surface area contributed by atoms with Crippen molar-refractivity contribution in [3.63, 3.8) is 0 Å². The normalized spacial score (nSPS) is 14.7.